The fraction of sp³-hybridized carbons (Fsp3) is 0. The second-order valence-electron chi connectivity index (χ2n) is 7.25. The molecule has 5 rings (SSSR count). The van der Waals surface area contributed by atoms with Gasteiger partial charge in [0.1, 0.15) is 0 Å². The van der Waals surface area contributed by atoms with Crippen LogP contribution >= 0.6 is 22.9 Å². The van der Waals surface area contributed by atoms with Crippen LogP contribution in [-0.4, -0.2) is 19.3 Å². The molecule has 0 spiro atoms. The number of amides is 1. The van der Waals surface area contributed by atoms with Crippen LogP contribution in [0.5, 0.6) is 0 Å². The van der Waals surface area contributed by atoms with Crippen molar-refractivity contribution in [2.24, 2.45) is 0 Å². The van der Waals surface area contributed by atoms with Gasteiger partial charge in [-0.05, 0) is 53.9 Å². The van der Waals surface area contributed by atoms with E-state index in [9.17, 15) is 13.2 Å². The molecular weight excluding hydrogens is 478 g/mol. The number of sulfonamides is 1. The van der Waals surface area contributed by atoms with Crippen LogP contribution in [0.15, 0.2) is 89.8 Å². The Morgan fingerprint density at radius 2 is 1.70 bits per heavy atom. The molecule has 0 atom stereocenters. The average molecular weight is 494 g/mol. The van der Waals surface area contributed by atoms with Crippen molar-refractivity contribution < 1.29 is 13.2 Å². The molecule has 6 nitrogen and oxygen atoms in total. The van der Waals surface area contributed by atoms with Gasteiger partial charge in [0.25, 0.3) is 15.9 Å². The number of anilines is 2. The number of thiazole rings is 1. The number of carbonyl (C=O) groups excluding carboxylic acids is 1. The number of carbonyl (C=O) groups is 1. The van der Waals surface area contributed by atoms with Crippen molar-refractivity contribution in [3.8, 4) is 0 Å². The lowest BCUT2D eigenvalue weighted by Gasteiger charge is -2.09. The van der Waals surface area contributed by atoms with Gasteiger partial charge in [-0.2, -0.15) is 0 Å². The lowest BCUT2D eigenvalue weighted by Crippen LogP contribution is -2.15. The zero-order valence-electron chi connectivity index (χ0n) is 16.9. The molecular formula is C24H16ClN3O3S2. The third-order valence-electron chi connectivity index (χ3n) is 5.00. The van der Waals surface area contributed by atoms with E-state index >= 15 is 0 Å². The summed E-state index contributed by atoms with van der Waals surface area (Å²) < 4.78 is 28.7. The van der Waals surface area contributed by atoms with Gasteiger partial charge < -0.3 is 0 Å². The van der Waals surface area contributed by atoms with Gasteiger partial charge in [-0.3, -0.25) is 14.8 Å². The number of fused-ring (bicyclic) bond motifs is 3. The van der Waals surface area contributed by atoms with Crippen LogP contribution < -0.4 is 10.0 Å². The molecule has 1 heterocycles. The van der Waals surface area contributed by atoms with Gasteiger partial charge in [0.2, 0.25) is 0 Å². The van der Waals surface area contributed by atoms with Crippen molar-refractivity contribution in [2.45, 2.75) is 4.90 Å². The molecule has 164 valence electrons. The van der Waals surface area contributed by atoms with Gasteiger partial charge in [0, 0.05) is 21.7 Å². The van der Waals surface area contributed by atoms with E-state index in [0.29, 0.717) is 15.7 Å². The van der Waals surface area contributed by atoms with Crippen molar-refractivity contribution in [3.63, 3.8) is 0 Å². The maximum Gasteiger partial charge on any atom is 0.261 e. The third kappa shape index (κ3) is 4.41. The summed E-state index contributed by atoms with van der Waals surface area (Å²) in [6, 6.07) is 24.1. The Kier molecular flexibility index (Phi) is 5.49. The van der Waals surface area contributed by atoms with Crippen LogP contribution in [0.25, 0.3) is 21.0 Å². The van der Waals surface area contributed by atoms with E-state index in [4.69, 9.17) is 11.6 Å². The largest absolute Gasteiger partial charge is 0.298 e. The first-order valence-electron chi connectivity index (χ1n) is 9.87. The minimum absolute atomic E-state index is 0.0726. The van der Waals surface area contributed by atoms with Gasteiger partial charge in [-0.25, -0.2) is 13.4 Å². The molecule has 0 aliphatic heterocycles. The summed E-state index contributed by atoms with van der Waals surface area (Å²) in [6.07, 6.45) is 0. The lowest BCUT2D eigenvalue weighted by molar-refractivity contribution is 0.102. The normalized spacial score (nSPS) is 11.5. The van der Waals surface area contributed by atoms with Crippen LogP contribution in [0, 0.1) is 0 Å². The summed E-state index contributed by atoms with van der Waals surface area (Å²) in [5, 5.41) is 5.82. The van der Waals surface area contributed by atoms with E-state index < -0.39 is 10.0 Å². The Hall–Kier alpha value is -3.46. The molecule has 1 aromatic heterocycles. The number of benzene rings is 4. The van der Waals surface area contributed by atoms with E-state index in [1.165, 1.54) is 41.7 Å². The Labute approximate surface area is 198 Å². The summed E-state index contributed by atoms with van der Waals surface area (Å²) in [5.41, 5.74) is 1.40. The number of nitrogens with zero attached hydrogens (tertiary/aromatic N) is 1. The number of halogens is 1. The summed E-state index contributed by atoms with van der Waals surface area (Å²) in [5.74, 6) is -0.383. The molecule has 4 aromatic carbocycles. The molecule has 0 aliphatic carbocycles. The van der Waals surface area contributed by atoms with E-state index in [1.807, 2.05) is 36.4 Å². The standard InChI is InChI=1S/C24H16ClN3O3S2/c25-17-9-11-19(12-10-17)33(30,31)28-18-6-3-5-16(14-18)23(29)27-24-26-22-20-7-2-1-4-15(20)8-13-21(22)32-24/h1-14,28H,(H,26,27,29). The van der Waals surface area contributed by atoms with Crippen LogP contribution in [0.4, 0.5) is 10.8 Å². The SMILES string of the molecule is O=C(Nc1nc2c(ccc3ccccc32)s1)c1cccc(NS(=O)(=O)c2ccc(Cl)cc2)c1. The summed E-state index contributed by atoms with van der Waals surface area (Å²) >= 11 is 7.22. The highest BCUT2D eigenvalue weighted by Gasteiger charge is 2.16. The summed E-state index contributed by atoms with van der Waals surface area (Å²) in [6.45, 7) is 0. The first-order chi connectivity index (χ1) is 15.9. The van der Waals surface area contributed by atoms with E-state index in [2.05, 4.69) is 15.0 Å². The summed E-state index contributed by atoms with van der Waals surface area (Å²) in [4.78, 5) is 17.5. The topological polar surface area (TPSA) is 88.2 Å². The maximum atomic E-state index is 12.8. The Morgan fingerprint density at radius 1 is 0.909 bits per heavy atom. The van der Waals surface area contributed by atoms with Crippen LogP contribution in [0.2, 0.25) is 5.02 Å². The van der Waals surface area contributed by atoms with Gasteiger partial charge in [0.15, 0.2) is 5.13 Å². The monoisotopic (exact) mass is 493 g/mol. The van der Waals surface area contributed by atoms with Gasteiger partial charge >= 0.3 is 0 Å². The van der Waals surface area contributed by atoms with Crippen molar-refractivity contribution in [2.75, 3.05) is 10.0 Å². The maximum absolute atomic E-state index is 12.8. The fourth-order valence-electron chi connectivity index (χ4n) is 3.44. The molecule has 2 N–H and O–H groups in total. The molecule has 0 unspecified atom stereocenters. The Morgan fingerprint density at radius 3 is 2.52 bits per heavy atom. The molecule has 1 amide bonds. The molecule has 0 bridgehead atoms. The minimum atomic E-state index is -3.82. The quantitative estimate of drug-likeness (QED) is 0.307. The highest BCUT2D eigenvalue weighted by molar-refractivity contribution is 7.92. The number of nitrogens with one attached hydrogen (secondary N) is 2. The zero-order valence-corrected chi connectivity index (χ0v) is 19.3. The van der Waals surface area contributed by atoms with Crippen molar-refractivity contribution >= 4 is 70.7 Å². The van der Waals surface area contributed by atoms with Gasteiger partial charge in [-0.1, -0.05) is 59.3 Å². The predicted octanol–water partition coefficient (Wildman–Crippen LogP) is 6.16. The highest BCUT2D eigenvalue weighted by atomic mass is 35.5. The molecule has 0 saturated carbocycles. The van der Waals surface area contributed by atoms with E-state index in [-0.39, 0.29) is 16.5 Å². The van der Waals surface area contributed by atoms with E-state index in [1.54, 1.807) is 18.2 Å². The third-order valence-corrected chi connectivity index (χ3v) is 7.59. The highest BCUT2D eigenvalue weighted by Crippen LogP contribution is 2.32. The number of rotatable bonds is 5. The van der Waals surface area contributed by atoms with Crippen molar-refractivity contribution in [1.82, 2.24) is 4.98 Å². The average Bonchev–Trinajstić information content (AvgIpc) is 3.22. The minimum Gasteiger partial charge on any atom is -0.298 e. The number of hydrogen-bond acceptors (Lipinski definition) is 5. The summed E-state index contributed by atoms with van der Waals surface area (Å²) in [7, 11) is -3.82. The number of hydrogen-bond donors (Lipinski definition) is 2. The zero-order chi connectivity index (χ0) is 23.0. The molecule has 0 saturated heterocycles. The van der Waals surface area contributed by atoms with Crippen molar-refractivity contribution in [3.05, 3.63) is 95.5 Å². The Bertz CT molecular complexity index is 1610. The molecule has 0 fully saturated rings. The predicted molar refractivity (Wildman–Crippen MR) is 134 cm³/mol. The fourth-order valence-corrected chi connectivity index (χ4v) is 5.49. The first-order valence-corrected chi connectivity index (χ1v) is 12.5. The smallest absolute Gasteiger partial charge is 0.261 e. The second kappa shape index (κ2) is 8.47. The lowest BCUT2D eigenvalue weighted by atomic mass is 10.1. The number of aromatic nitrogens is 1. The molecule has 5 aromatic rings. The van der Waals surface area contributed by atoms with Gasteiger partial charge in [-0.15, -0.1) is 0 Å². The van der Waals surface area contributed by atoms with Crippen LogP contribution in [-0.2, 0) is 10.0 Å². The molecule has 0 aliphatic rings. The van der Waals surface area contributed by atoms with Gasteiger partial charge in [0.05, 0.1) is 15.1 Å². The molecule has 9 heteroatoms. The first kappa shape index (κ1) is 21.4. The molecule has 33 heavy (non-hydrogen) atoms. The van der Waals surface area contributed by atoms with Crippen molar-refractivity contribution in [1.29, 1.82) is 0 Å². The Balaban J connectivity index is 1.38. The van der Waals surface area contributed by atoms with E-state index in [0.717, 1.165) is 21.0 Å². The van der Waals surface area contributed by atoms with Crippen LogP contribution in [0.3, 0.4) is 0 Å². The molecule has 0 radical (unpaired) electrons. The second-order valence-corrected chi connectivity index (χ2v) is 10.4. The van der Waals surface area contributed by atoms with Crippen LogP contribution in [0.1, 0.15) is 10.4 Å².